The first kappa shape index (κ1) is 34.9. The third kappa shape index (κ3) is 23.3. The fourth-order valence-corrected chi connectivity index (χ4v) is 5.54. The fourth-order valence-electron chi connectivity index (χ4n) is 5.54. The van der Waals surface area contributed by atoms with Gasteiger partial charge in [-0.25, -0.2) is 0 Å². The first-order chi connectivity index (χ1) is 17.5. The van der Waals surface area contributed by atoms with E-state index in [9.17, 15) is 14.7 Å². The molecule has 4 heteroatoms. The van der Waals surface area contributed by atoms with Crippen molar-refractivity contribution in [3.63, 3.8) is 0 Å². The minimum absolute atomic E-state index is 0.176. The molecule has 0 aliphatic heterocycles. The molecule has 4 nitrogen and oxygen atoms in total. The number of rotatable bonds is 29. The van der Waals surface area contributed by atoms with E-state index >= 15 is 0 Å². The second kappa shape index (κ2) is 27.0. The van der Waals surface area contributed by atoms with Crippen molar-refractivity contribution in [3.8, 4) is 0 Å². The van der Waals surface area contributed by atoms with Crippen molar-refractivity contribution in [2.45, 2.75) is 181 Å². The van der Waals surface area contributed by atoms with E-state index in [1.54, 1.807) is 0 Å². The average Bonchev–Trinajstić information content (AvgIpc) is 2.85. The highest BCUT2D eigenvalue weighted by molar-refractivity contribution is 5.70. The first-order valence-corrected chi connectivity index (χ1v) is 16.0. The van der Waals surface area contributed by atoms with Crippen molar-refractivity contribution in [2.75, 3.05) is 0 Å². The van der Waals surface area contributed by atoms with Crippen molar-refractivity contribution < 1.29 is 19.8 Å². The summed E-state index contributed by atoms with van der Waals surface area (Å²) in [6, 6.07) is 0. The molecule has 0 saturated heterocycles. The fraction of sp³-hybridized carbons (Fsp3) is 0.938. The van der Waals surface area contributed by atoms with Gasteiger partial charge in [-0.1, -0.05) is 149 Å². The molecule has 0 aromatic rings. The number of carboxylic acid groups (broad SMARTS) is 2. The number of hydrogen-bond acceptors (Lipinski definition) is 2. The van der Waals surface area contributed by atoms with E-state index in [1.165, 1.54) is 96.3 Å². The molecule has 36 heavy (non-hydrogen) atoms. The maximum Gasteiger partial charge on any atom is 0.306 e. The van der Waals surface area contributed by atoms with Gasteiger partial charge in [0.2, 0.25) is 0 Å². The highest BCUT2D eigenvalue weighted by atomic mass is 16.4. The molecule has 2 atom stereocenters. The van der Waals surface area contributed by atoms with Crippen LogP contribution in [-0.2, 0) is 9.59 Å². The molecule has 0 radical (unpaired) electrons. The summed E-state index contributed by atoms with van der Waals surface area (Å²) >= 11 is 0. The lowest BCUT2D eigenvalue weighted by atomic mass is 9.80. The highest BCUT2D eigenvalue weighted by Crippen LogP contribution is 2.30. The monoisotopic (exact) mass is 510 g/mol. The van der Waals surface area contributed by atoms with Crippen LogP contribution in [0, 0.1) is 11.8 Å². The van der Waals surface area contributed by atoms with Crippen LogP contribution in [0.5, 0.6) is 0 Å². The second-order valence-corrected chi connectivity index (χ2v) is 11.3. The predicted molar refractivity (Wildman–Crippen MR) is 154 cm³/mol. The number of carbonyl (C=O) groups is 2. The summed E-state index contributed by atoms with van der Waals surface area (Å²) in [5, 5.41) is 18.8. The Bertz CT molecular complexity index is 491. The van der Waals surface area contributed by atoms with Gasteiger partial charge >= 0.3 is 11.9 Å². The predicted octanol–water partition coefficient (Wildman–Crippen LogP) is 10.6. The normalized spacial score (nSPS) is 13.1. The molecule has 2 unspecified atom stereocenters. The summed E-state index contributed by atoms with van der Waals surface area (Å²) in [7, 11) is 0. The number of carboxylic acids is 2. The lowest BCUT2D eigenvalue weighted by Crippen LogP contribution is -2.24. The van der Waals surface area contributed by atoms with Gasteiger partial charge in [-0.05, 0) is 31.6 Å². The molecule has 0 amide bonds. The summed E-state index contributed by atoms with van der Waals surface area (Å²) in [6.45, 7) is 4.50. The van der Waals surface area contributed by atoms with Crippen molar-refractivity contribution in [2.24, 2.45) is 11.8 Å². The van der Waals surface area contributed by atoms with E-state index in [0.29, 0.717) is 5.92 Å². The highest BCUT2D eigenvalue weighted by Gasteiger charge is 2.26. The minimum Gasteiger partial charge on any atom is -0.481 e. The topological polar surface area (TPSA) is 74.6 Å². The van der Waals surface area contributed by atoms with E-state index in [4.69, 9.17) is 5.11 Å². The van der Waals surface area contributed by atoms with Gasteiger partial charge in [0.25, 0.3) is 0 Å². The molecule has 0 aliphatic rings. The van der Waals surface area contributed by atoms with Crippen LogP contribution in [0.4, 0.5) is 0 Å². The van der Waals surface area contributed by atoms with Crippen LogP contribution in [0.3, 0.4) is 0 Å². The van der Waals surface area contributed by atoms with Gasteiger partial charge in [0, 0.05) is 6.42 Å². The zero-order chi connectivity index (χ0) is 26.7. The van der Waals surface area contributed by atoms with Crippen molar-refractivity contribution in [3.05, 3.63) is 0 Å². The van der Waals surface area contributed by atoms with Crippen LogP contribution in [0.2, 0.25) is 0 Å². The summed E-state index contributed by atoms with van der Waals surface area (Å²) in [5.74, 6) is -1.13. The third-order valence-electron chi connectivity index (χ3n) is 7.90. The Morgan fingerprint density at radius 1 is 0.472 bits per heavy atom. The van der Waals surface area contributed by atoms with E-state index in [-0.39, 0.29) is 12.3 Å². The van der Waals surface area contributed by atoms with Crippen molar-refractivity contribution in [1.29, 1.82) is 0 Å². The summed E-state index contributed by atoms with van der Waals surface area (Å²) in [4.78, 5) is 22.9. The van der Waals surface area contributed by atoms with E-state index in [1.807, 2.05) is 0 Å². The molecule has 0 aromatic heterocycles. The van der Waals surface area contributed by atoms with Gasteiger partial charge in [0.05, 0.1) is 5.92 Å². The van der Waals surface area contributed by atoms with Crippen LogP contribution in [-0.4, -0.2) is 22.2 Å². The largest absolute Gasteiger partial charge is 0.481 e. The van der Waals surface area contributed by atoms with Gasteiger partial charge in [-0.15, -0.1) is 0 Å². The number of aliphatic carboxylic acids is 2. The molecule has 0 bridgehead atoms. The Balaban J connectivity index is 4.41. The Morgan fingerprint density at radius 2 is 0.806 bits per heavy atom. The molecule has 0 aliphatic carbocycles. The van der Waals surface area contributed by atoms with E-state index in [2.05, 4.69) is 13.8 Å². The van der Waals surface area contributed by atoms with Crippen LogP contribution in [0.15, 0.2) is 0 Å². The van der Waals surface area contributed by atoms with Crippen LogP contribution >= 0.6 is 0 Å². The molecule has 0 spiro atoms. The van der Waals surface area contributed by atoms with Crippen LogP contribution in [0.1, 0.15) is 181 Å². The summed E-state index contributed by atoms with van der Waals surface area (Å²) in [5.41, 5.74) is 0. The molecule has 0 heterocycles. The Morgan fingerprint density at radius 3 is 1.17 bits per heavy atom. The zero-order valence-corrected chi connectivity index (χ0v) is 24.3. The maximum atomic E-state index is 12.2. The van der Waals surface area contributed by atoms with Crippen molar-refractivity contribution in [1.82, 2.24) is 0 Å². The van der Waals surface area contributed by atoms with Gasteiger partial charge in [-0.2, -0.15) is 0 Å². The second-order valence-electron chi connectivity index (χ2n) is 11.3. The maximum absolute atomic E-state index is 12.2. The lowest BCUT2D eigenvalue weighted by Gasteiger charge is -2.24. The molecular weight excluding hydrogens is 448 g/mol. The average molecular weight is 511 g/mol. The van der Waals surface area contributed by atoms with Gasteiger partial charge in [0.15, 0.2) is 0 Å². The molecule has 2 N–H and O–H groups in total. The molecule has 214 valence electrons. The lowest BCUT2D eigenvalue weighted by molar-refractivity contribution is -0.144. The summed E-state index contributed by atoms with van der Waals surface area (Å²) in [6.07, 6.45) is 29.9. The Hall–Kier alpha value is -1.06. The SMILES string of the molecule is CCCCCCCCCCC(CCCCCCCCC(=O)O)C(CCCCCCCCCC)C(=O)O. The minimum atomic E-state index is -0.699. The Labute approximate surface area is 224 Å². The van der Waals surface area contributed by atoms with Crippen LogP contribution in [0.25, 0.3) is 0 Å². The molecule has 0 rings (SSSR count). The molecular formula is C32H62O4. The van der Waals surface area contributed by atoms with Gasteiger partial charge in [0.1, 0.15) is 0 Å². The smallest absolute Gasteiger partial charge is 0.306 e. The molecule has 0 fully saturated rings. The summed E-state index contributed by atoms with van der Waals surface area (Å²) < 4.78 is 0. The third-order valence-corrected chi connectivity index (χ3v) is 7.90. The number of hydrogen-bond donors (Lipinski definition) is 2. The number of unbranched alkanes of at least 4 members (excludes halogenated alkanes) is 19. The zero-order valence-electron chi connectivity index (χ0n) is 24.3. The quantitative estimate of drug-likeness (QED) is 0.0981. The first-order valence-electron chi connectivity index (χ1n) is 16.0. The molecule has 0 saturated carbocycles. The van der Waals surface area contributed by atoms with Crippen molar-refractivity contribution >= 4 is 11.9 Å². The van der Waals surface area contributed by atoms with Gasteiger partial charge < -0.3 is 10.2 Å². The Kier molecular flexibility index (Phi) is 26.2. The standard InChI is InChI=1S/C32H62O4/c1-3-5-7-9-11-13-17-21-25-29(26-22-18-15-16-20-24-28-31(33)34)30(32(35)36)27-23-19-14-12-10-8-6-4-2/h29-30H,3-28H2,1-2H3,(H,33,34)(H,35,36). The van der Waals surface area contributed by atoms with E-state index < -0.39 is 11.9 Å². The van der Waals surface area contributed by atoms with Crippen LogP contribution < -0.4 is 0 Å². The molecule has 0 aromatic carbocycles. The van der Waals surface area contributed by atoms with Gasteiger partial charge in [-0.3, -0.25) is 9.59 Å². The van der Waals surface area contributed by atoms with E-state index in [0.717, 1.165) is 64.2 Å².